The average Bonchev–Trinajstić information content (AvgIpc) is 2.63. The molecular weight excluding hydrogens is 328 g/mol. The van der Waals surface area contributed by atoms with Gasteiger partial charge in [0.05, 0.1) is 6.04 Å². The Labute approximate surface area is 155 Å². The highest BCUT2D eigenvalue weighted by Crippen LogP contribution is 2.18. The van der Waals surface area contributed by atoms with Crippen LogP contribution in [0.5, 0.6) is 0 Å². The van der Waals surface area contributed by atoms with Gasteiger partial charge in [-0.15, -0.1) is 0 Å². The van der Waals surface area contributed by atoms with Crippen molar-refractivity contribution in [2.45, 2.75) is 25.1 Å². The molecule has 1 atom stereocenters. The second-order valence-corrected chi connectivity index (χ2v) is 7.28. The average molecular weight is 357 g/mol. The molecule has 0 radical (unpaired) electrons. The van der Waals surface area contributed by atoms with Crippen molar-refractivity contribution in [3.8, 4) is 0 Å². The maximum Gasteiger partial charge on any atom is 0.251 e. The molecule has 0 aliphatic heterocycles. The summed E-state index contributed by atoms with van der Waals surface area (Å²) >= 11 is 1.78. The quantitative estimate of drug-likeness (QED) is 0.771. The van der Waals surface area contributed by atoms with Gasteiger partial charge in [-0.2, -0.15) is 11.8 Å². The zero-order valence-corrected chi connectivity index (χ0v) is 16.4. The summed E-state index contributed by atoms with van der Waals surface area (Å²) in [5.41, 5.74) is 4.50. The second-order valence-electron chi connectivity index (χ2n) is 6.41. The van der Waals surface area contributed by atoms with Crippen molar-refractivity contribution in [3.63, 3.8) is 0 Å². The number of benzene rings is 2. The fraction of sp³-hybridized carbons (Fsp3) is 0.381. The molecule has 0 spiro atoms. The van der Waals surface area contributed by atoms with Crippen molar-refractivity contribution < 1.29 is 4.79 Å². The molecule has 1 amide bonds. The van der Waals surface area contributed by atoms with E-state index in [1.165, 1.54) is 16.7 Å². The summed E-state index contributed by atoms with van der Waals surface area (Å²) in [5.74, 6) is 0.950. The first-order valence-electron chi connectivity index (χ1n) is 8.66. The fourth-order valence-corrected chi connectivity index (χ4v) is 3.31. The molecule has 3 nitrogen and oxygen atoms in total. The lowest BCUT2D eigenvalue weighted by Gasteiger charge is -2.25. The third-order valence-electron chi connectivity index (χ3n) is 4.38. The number of likely N-dealkylation sites (N-methyl/N-ethyl adjacent to an activating group) is 1. The Kier molecular flexibility index (Phi) is 7.53. The third-order valence-corrected chi connectivity index (χ3v) is 5.00. The van der Waals surface area contributed by atoms with E-state index in [2.05, 4.69) is 47.7 Å². The van der Waals surface area contributed by atoms with Gasteiger partial charge in [0.15, 0.2) is 0 Å². The highest BCUT2D eigenvalue weighted by Gasteiger charge is 2.16. The van der Waals surface area contributed by atoms with Crippen LogP contribution in [-0.2, 0) is 12.2 Å². The second kappa shape index (κ2) is 9.64. The van der Waals surface area contributed by atoms with E-state index < -0.39 is 0 Å². The van der Waals surface area contributed by atoms with Crippen LogP contribution in [0.2, 0.25) is 0 Å². The first-order chi connectivity index (χ1) is 12.0. The Morgan fingerprint density at radius 2 is 1.64 bits per heavy atom. The van der Waals surface area contributed by atoms with Crippen molar-refractivity contribution in [1.29, 1.82) is 0 Å². The van der Waals surface area contributed by atoms with Gasteiger partial charge in [0, 0.05) is 17.9 Å². The fourth-order valence-electron chi connectivity index (χ4n) is 2.78. The Bertz CT molecular complexity index is 665. The topological polar surface area (TPSA) is 32.3 Å². The van der Waals surface area contributed by atoms with Gasteiger partial charge in [-0.25, -0.2) is 0 Å². The van der Waals surface area contributed by atoms with Crippen LogP contribution in [-0.4, -0.2) is 37.7 Å². The van der Waals surface area contributed by atoms with Gasteiger partial charge < -0.3 is 10.2 Å². The zero-order valence-electron chi connectivity index (χ0n) is 15.6. The van der Waals surface area contributed by atoms with E-state index in [1.54, 1.807) is 11.8 Å². The number of aryl methyl sites for hydroxylation is 1. The normalized spacial score (nSPS) is 12.2. The molecular formula is C21H28N2OS. The largest absolute Gasteiger partial charge is 0.350 e. The van der Waals surface area contributed by atoms with Crippen LogP contribution in [0, 0.1) is 0 Å². The molecule has 0 aromatic heterocycles. The molecule has 1 unspecified atom stereocenters. The molecule has 4 heteroatoms. The SMILES string of the molecule is CCc1ccc(C(CNC(=O)c2ccc(CSC)cc2)N(C)C)cc1. The molecule has 0 aliphatic carbocycles. The monoisotopic (exact) mass is 356 g/mol. The van der Waals surface area contributed by atoms with E-state index in [0.717, 1.165) is 12.2 Å². The molecule has 2 aromatic carbocycles. The number of nitrogens with one attached hydrogen (secondary N) is 1. The number of thioether (sulfide) groups is 1. The summed E-state index contributed by atoms with van der Waals surface area (Å²) in [6, 6.07) is 16.7. The Morgan fingerprint density at radius 1 is 1.04 bits per heavy atom. The predicted octanol–water partition coefficient (Wildman–Crippen LogP) is 4.14. The number of rotatable bonds is 8. The van der Waals surface area contributed by atoms with Gasteiger partial charge in [-0.05, 0) is 55.6 Å². The van der Waals surface area contributed by atoms with Crippen LogP contribution in [0.1, 0.15) is 40.0 Å². The lowest BCUT2D eigenvalue weighted by Crippen LogP contribution is -2.34. The van der Waals surface area contributed by atoms with Crippen LogP contribution >= 0.6 is 11.8 Å². The predicted molar refractivity (Wildman–Crippen MR) is 108 cm³/mol. The molecule has 1 N–H and O–H groups in total. The van der Waals surface area contributed by atoms with E-state index in [1.807, 2.05) is 38.4 Å². The summed E-state index contributed by atoms with van der Waals surface area (Å²) in [5, 5.41) is 3.07. The first-order valence-corrected chi connectivity index (χ1v) is 10.1. The molecule has 0 fully saturated rings. The molecule has 0 bridgehead atoms. The molecule has 2 aromatic rings. The molecule has 0 heterocycles. The van der Waals surface area contributed by atoms with E-state index in [9.17, 15) is 4.79 Å². The van der Waals surface area contributed by atoms with Gasteiger partial charge in [-0.1, -0.05) is 43.3 Å². The number of carbonyl (C=O) groups is 1. The minimum Gasteiger partial charge on any atom is -0.350 e. The standard InChI is InChI=1S/C21H28N2OS/c1-5-16-6-10-18(11-7-16)20(23(2)3)14-22-21(24)19-12-8-17(9-13-19)15-25-4/h6-13,20H,5,14-15H2,1-4H3,(H,22,24). The lowest BCUT2D eigenvalue weighted by atomic mass is 10.0. The maximum atomic E-state index is 12.4. The molecule has 25 heavy (non-hydrogen) atoms. The van der Waals surface area contributed by atoms with Gasteiger partial charge in [0.25, 0.3) is 5.91 Å². The van der Waals surface area contributed by atoms with Crippen LogP contribution < -0.4 is 5.32 Å². The number of hydrogen-bond donors (Lipinski definition) is 1. The Hall–Kier alpha value is -1.78. The van der Waals surface area contributed by atoms with Crippen molar-refractivity contribution in [2.24, 2.45) is 0 Å². The highest BCUT2D eigenvalue weighted by atomic mass is 32.2. The van der Waals surface area contributed by atoms with Crippen LogP contribution in [0.25, 0.3) is 0 Å². The first kappa shape index (κ1) is 19.5. The van der Waals surface area contributed by atoms with Crippen molar-refractivity contribution in [2.75, 3.05) is 26.9 Å². The van der Waals surface area contributed by atoms with Gasteiger partial charge in [0.2, 0.25) is 0 Å². The van der Waals surface area contributed by atoms with E-state index in [4.69, 9.17) is 0 Å². The third kappa shape index (κ3) is 5.62. The Morgan fingerprint density at radius 3 is 2.16 bits per heavy atom. The van der Waals surface area contributed by atoms with Crippen LogP contribution in [0.3, 0.4) is 0 Å². The highest BCUT2D eigenvalue weighted by molar-refractivity contribution is 7.97. The van der Waals surface area contributed by atoms with Crippen LogP contribution in [0.4, 0.5) is 0 Å². The van der Waals surface area contributed by atoms with Crippen LogP contribution in [0.15, 0.2) is 48.5 Å². The summed E-state index contributed by atoms with van der Waals surface area (Å²) in [6.07, 6.45) is 3.12. The van der Waals surface area contributed by atoms with Gasteiger partial charge >= 0.3 is 0 Å². The molecule has 2 rings (SSSR count). The summed E-state index contributed by atoms with van der Waals surface area (Å²) < 4.78 is 0. The smallest absolute Gasteiger partial charge is 0.251 e. The summed E-state index contributed by atoms with van der Waals surface area (Å²) in [4.78, 5) is 14.6. The maximum absolute atomic E-state index is 12.4. The van der Waals surface area contributed by atoms with E-state index in [0.29, 0.717) is 12.1 Å². The van der Waals surface area contributed by atoms with Crippen molar-refractivity contribution >= 4 is 17.7 Å². The molecule has 134 valence electrons. The van der Waals surface area contributed by atoms with Gasteiger partial charge in [0.1, 0.15) is 0 Å². The minimum absolute atomic E-state index is 0.0206. The number of nitrogens with zero attached hydrogens (tertiary/aromatic N) is 1. The molecule has 0 saturated carbocycles. The van der Waals surface area contributed by atoms with E-state index >= 15 is 0 Å². The number of amides is 1. The Balaban J connectivity index is 2.01. The van der Waals surface area contributed by atoms with Gasteiger partial charge in [-0.3, -0.25) is 4.79 Å². The lowest BCUT2D eigenvalue weighted by molar-refractivity contribution is 0.0942. The molecule has 0 saturated heterocycles. The summed E-state index contributed by atoms with van der Waals surface area (Å²) in [6.45, 7) is 2.74. The zero-order chi connectivity index (χ0) is 18.2. The summed E-state index contributed by atoms with van der Waals surface area (Å²) in [7, 11) is 4.09. The molecule has 0 aliphatic rings. The van der Waals surface area contributed by atoms with E-state index in [-0.39, 0.29) is 11.9 Å². The number of carbonyl (C=O) groups excluding carboxylic acids is 1. The van der Waals surface area contributed by atoms with Crippen molar-refractivity contribution in [3.05, 3.63) is 70.8 Å². The minimum atomic E-state index is -0.0206. The number of hydrogen-bond acceptors (Lipinski definition) is 3. The van der Waals surface area contributed by atoms with Crippen molar-refractivity contribution in [1.82, 2.24) is 10.2 Å².